The van der Waals surface area contributed by atoms with Crippen LogP contribution in [0, 0.1) is 0 Å². The third-order valence-electron chi connectivity index (χ3n) is 3.43. The SMILES string of the molecule is CCC(C)(C)NCC(C)N1CCSCC1. The third kappa shape index (κ3) is 4.75. The summed E-state index contributed by atoms with van der Waals surface area (Å²) in [6, 6.07) is 0.678. The highest BCUT2D eigenvalue weighted by atomic mass is 32.2. The van der Waals surface area contributed by atoms with E-state index in [2.05, 4.69) is 49.7 Å². The summed E-state index contributed by atoms with van der Waals surface area (Å²) in [5, 5.41) is 3.66. The van der Waals surface area contributed by atoms with Crippen molar-refractivity contribution in [2.75, 3.05) is 31.1 Å². The van der Waals surface area contributed by atoms with Gasteiger partial charge in [0.25, 0.3) is 0 Å². The average molecular weight is 230 g/mol. The van der Waals surface area contributed by atoms with E-state index in [-0.39, 0.29) is 0 Å². The van der Waals surface area contributed by atoms with Gasteiger partial charge in [-0.05, 0) is 27.2 Å². The van der Waals surface area contributed by atoms with Gasteiger partial charge >= 0.3 is 0 Å². The number of nitrogens with zero attached hydrogens (tertiary/aromatic N) is 1. The Morgan fingerprint density at radius 3 is 2.47 bits per heavy atom. The van der Waals surface area contributed by atoms with Gasteiger partial charge in [-0.25, -0.2) is 0 Å². The smallest absolute Gasteiger partial charge is 0.0193 e. The van der Waals surface area contributed by atoms with Crippen molar-refractivity contribution in [2.45, 2.75) is 45.7 Å². The monoisotopic (exact) mass is 230 g/mol. The fourth-order valence-corrected chi connectivity index (χ4v) is 2.63. The maximum absolute atomic E-state index is 3.66. The molecule has 1 aliphatic heterocycles. The summed E-state index contributed by atoms with van der Waals surface area (Å²) in [5.74, 6) is 2.61. The Morgan fingerprint density at radius 2 is 1.93 bits per heavy atom. The van der Waals surface area contributed by atoms with Crippen LogP contribution in [0.2, 0.25) is 0 Å². The minimum absolute atomic E-state index is 0.290. The summed E-state index contributed by atoms with van der Waals surface area (Å²) in [6.45, 7) is 12.8. The standard InChI is InChI=1S/C12H26N2S/c1-5-12(3,4)13-10-11(2)14-6-8-15-9-7-14/h11,13H,5-10H2,1-4H3. The van der Waals surface area contributed by atoms with Gasteiger partial charge < -0.3 is 5.32 Å². The van der Waals surface area contributed by atoms with Gasteiger partial charge in [-0.2, -0.15) is 11.8 Å². The van der Waals surface area contributed by atoms with Crippen LogP contribution in [0.4, 0.5) is 0 Å². The fourth-order valence-electron chi connectivity index (χ4n) is 1.70. The van der Waals surface area contributed by atoms with E-state index in [4.69, 9.17) is 0 Å². The molecular weight excluding hydrogens is 204 g/mol. The molecule has 0 spiro atoms. The summed E-state index contributed by atoms with van der Waals surface area (Å²) in [6.07, 6.45) is 1.19. The van der Waals surface area contributed by atoms with Crippen LogP contribution in [0.3, 0.4) is 0 Å². The van der Waals surface area contributed by atoms with E-state index in [0.717, 1.165) is 6.54 Å². The molecule has 15 heavy (non-hydrogen) atoms. The van der Waals surface area contributed by atoms with Gasteiger partial charge in [-0.1, -0.05) is 6.92 Å². The molecule has 1 heterocycles. The number of hydrogen-bond donors (Lipinski definition) is 1. The van der Waals surface area contributed by atoms with Crippen molar-refractivity contribution in [3.8, 4) is 0 Å². The first-order valence-electron chi connectivity index (χ1n) is 6.12. The molecular formula is C12H26N2S. The molecule has 90 valence electrons. The maximum atomic E-state index is 3.66. The summed E-state index contributed by atoms with van der Waals surface area (Å²) >= 11 is 2.08. The molecule has 2 nitrogen and oxygen atoms in total. The van der Waals surface area contributed by atoms with Crippen molar-refractivity contribution >= 4 is 11.8 Å². The quantitative estimate of drug-likeness (QED) is 0.779. The molecule has 1 fully saturated rings. The zero-order chi connectivity index (χ0) is 11.3. The first-order valence-corrected chi connectivity index (χ1v) is 7.27. The first kappa shape index (κ1) is 13.3. The Hall–Kier alpha value is 0.270. The van der Waals surface area contributed by atoms with Gasteiger partial charge in [0.05, 0.1) is 0 Å². The third-order valence-corrected chi connectivity index (χ3v) is 4.37. The molecule has 0 amide bonds. The highest BCUT2D eigenvalue weighted by molar-refractivity contribution is 7.99. The topological polar surface area (TPSA) is 15.3 Å². The number of rotatable bonds is 5. The van der Waals surface area contributed by atoms with Crippen LogP contribution < -0.4 is 5.32 Å². The largest absolute Gasteiger partial charge is 0.310 e. The van der Waals surface area contributed by atoms with E-state index in [1.165, 1.54) is 31.0 Å². The number of hydrogen-bond acceptors (Lipinski definition) is 3. The Balaban J connectivity index is 2.25. The molecule has 0 aromatic heterocycles. The maximum Gasteiger partial charge on any atom is 0.0193 e. The van der Waals surface area contributed by atoms with Gasteiger partial charge in [0.1, 0.15) is 0 Å². The van der Waals surface area contributed by atoms with Crippen LogP contribution >= 0.6 is 11.8 Å². The summed E-state index contributed by atoms with van der Waals surface area (Å²) < 4.78 is 0. The summed E-state index contributed by atoms with van der Waals surface area (Å²) in [5.41, 5.74) is 0.290. The van der Waals surface area contributed by atoms with Crippen LogP contribution in [-0.2, 0) is 0 Å². The number of thioether (sulfide) groups is 1. The molecule has 1 unspecified atom stereocenters. The fraction of sp³-hybridized carbons (Fsp3) is 1.00. The Labute approximate surface area is 99.2 Å². The van der Waals surface area contributed by atoms with Crippen molar-refractivity contribution in [1.82, 2.24) is 10.2 Å². The lowest BCUT2D eigenvalue weighted by molar-refractivity contribution is 0.209. The van der Waals surface area contributed by atoms with E-state index < -0.39 is 0 Å². The zero-order valence-corrected chi connectivity index (χ0v) is 11.5. The van der Waals surface area contributed by atoms with Gasteiger partial charge in [0.15, 0.2) is 0 Å². The molecule has 0 aliphatic carbocycles. The van der Waals surface area contributed by atoms with Crippen LogP contribution in [0.15, 0.2) is 0 Å². The normalized spacial score (nSPS) is 21.6. The van der Waals surface area contributed by atoms with Crippen LogP contribution in [0.1, 0.15) is 34.1 Å². The van der Waals surface area contributed by atoms with Crippen molar-refractivity contribution in [3.05, 3.63) is 0 Å². The molecule has 0 saturated carbocycles. The summed E-state index contributed by atoms with van der Waals surface area (Å²) in [7, 11) is 0. The van der Waals surface area contributed by atoms with Gasteiger partial charge in [0, 0.05) is 42.7 Å². The molecule has 1 saturated heterocycles. The summed E-state index contributed by atoms with van der Waals surface area (Å²) in [4.78, 5) is 2.61. The van der Waals surface area contributed by atoms with Crippen molar-refractivity contribution in [2.24, 2.45) is 0 Å². The highest BCUT2D eigenvalue weighted by Crippen LogP contribution is 2.13. The van der Waals surface area contributed by atoms with Crippen LogP contribution in [0.25, 0.3) is 0 Å². The van der Waals surface area contributed by atoms with E-state index in [1.54, 1.807) is 0 Å². The lowest BCUT2D eigenvalue weighted by Crippen LogP contribution is -2.49. The Morgan fingerprint density at radius 1 is 1.33 bits per heavy atom. The minimum atomic E-state index is 0.290. The Kier molecular flexibility index (Phi) is 5.44. The first-order chi connectivity index (χ1) is 7.05. The van der Waals surface area contributed by atoms with Gasteiger partial charge in [-0.3, -0.25) is 4.90 Å². The average Bonchev–Trinajstić information content (AvgIpc) is 2.27. The number of nitrogens with one attached hydrogen (secondary N) is 1. The van der Waals surface area contributed by atoms with Crippen molar-refractivity contribution in [3.63, 3.8) is 0 Å². The lowest BCUT2D eigenvalue weighted by atomic mass is 10.0. The van der Waals surface area contributed by atoms with E-state index in [1.807, 2.05) is 0 Å². The second-order valence-corrected chi connectivity index (χ2v) is 6.34. The van der Waals surface area contributed by atoms with E-state index in [9.17, 15) is 0 Å². The van der Waals surface area contributed by atoms with Crippen LogP contribution in [-0.4, -0.2) is 47.6 Å². The molecule has 1 N–H and O–H groups in total. The molecule has 0 bridgehead atoms. The highest BCUT2D eigenvalue weighted by Gasteiger charge is 2.20. The predicted octanol–water partition coefficient (Wildman–Crippen LogP) is 2.20. The second-order valence-electron chi connectivity index (χ2n) is 5.12. The zero-order valence-electron chi connectivity index (χ0n) is 10.7. The lowest BCUT2D eigenvalue weighted by Gasteiger charge is -2.35. The van der Waals surface area contributed by atoms with Gasteiger partial charge in [0.2, 0.25) is 0 Å². The minimum Gasteiger partial charge on any atom is -0.310 e. The van der Waals surface area contributed by atoms with E-state index in [0.29, 0.717) is 11.6 Å². The Bertz CT molecular complexity index is 176. The van der Waals surface area contributed by atoms with Crippen LogP contribution in [0.5, 0.6) is 0 Å². The van der Waals surface area contributed by atoms with Crippen molar-refractivity contribution < 1.29 is 0 Å². The molecule has 0 aromatic rings. The van der Waals surface area contributed by atoms with E-state index >= 15 is 0 Å². The molecule has 1 atom stereocenters. The molecule has 0 aromatic carbocycles. The second kappa shape index (κ2) is 6.12. The molecule has 3 heteroatoms. The molecule has 1 rings (SSSR count). The predicted molar refractivity (Wildman–Crippen MR) is 70.7 cm³/mol. The molecule has 0 radical (unpaired) electrons. The molecule has 1 aliphatic rings. The van der Waals surface area contributed by atoms with Crippen molar-refractivity contribution in [1.29, 1.82) is 0 Å². The van der Waals surface area contributed by atoms with Gasteiger partial charge in [-0.15, -0.1) is 0 Å².